The lowest BCUT2D eigenvalue weighted by molar-refractivity contribution is -0.120. The molecule has 6 aromatic rings. The first kappa shape index (κ1) is 24.1. The zero-order valence-corrected chi connectivity index (χ0v) is 21.6. The minimum atomic E-state index is -0.299. The highest BCUT2D eigenvalue weighted by Crippen LogP contribution is 2.34. The van der Waals surface area contributed by atoms with Crippen LogP contribution in [0.5, 0.6) is 0 Å². The van der Waals surface area contributed by atoms with E-state index in [1.54, 1.807) is 30.9 Å². The van der Waals surface area contributed by atoms with Gasteiger partial charge in [-0.1, -0.05) is 31.4 Å². The molecule has 1 aliphatic rings. The van der Waals surface area contributed by atoms with E-state index in [0.717, 1.165) is 70.2 Å². The highest BCUT2D eigenvalue weighted by atomic mass is 19.1. The standard InChI is InChI=1S/C31H26FN7O/c32-21-8-4-7-19(11-21)24-16-34-17-28-23(24)13-27(36-28)30-29-26(38-39-30)10-9-25(37-29)20-12-22(15-33-14-20)35-31(40)18-5-2-1-3-6-18/h4,7-18,36H,1-3,5-6H2,(H,35,40)(H,38,39). The van der Waals surface area contributed by atoms with E-state index in [9.17, 15) is 9.18 Å². The first-order valence-corrected chi connectivity index (χ1v) is 13.5. The number of hydrogen-bond acceptors (Lipinski definition) is 5. The second kappa shape index (κ2) is 10.00. The van der Waals surface area contributed by atoms with E-state index < -0.39 is 0 Å². The van der Waals surface area contributed by atoms with Gasteiger partial charge in [-0.05, 0) is 54.8 Å². The van der Waals surface area contributed by atoms with E-state index in [-0.39, 0.29) is 17.6 Å². The number of nitrogens with one attached hydrogen (secondary N) is 3. The van der Waals surface area contributed by atoms with Gasteiger partial charge >= 0.3 is 0 Å². The fourth-order valence-electron chi connectivity index (χ4n) is 5.57. The molecule has 7 rings (SSSR count). The number of benzene rings is 1. The third-order valence-corrected chi connectivity index (χ3v) is 7.62. The summed E-state index contributed by atoms with van der Waals surface area (Å²) in [5.41, 5.74) is 7.47. The lowest BCUT2D eigenvalue weighted by Crippen LogP contribution is -2.24. The Bertz CT molecular complexity index is 1870. The van der Waals surface area contributed by atoms with Crippen LogP contribution in [0, 0.1) is 11.7 Å². The normalized spacial score (nSPS) is 14.1. The summed E-state index contributed by atoms with van der Waals surface area (Å²) in [6.07, 6.45) is 12.2. The largest absolute Gasteiger partial charge is 0.352 e. The number of carbonyl (C=O) groups excluding carboxylic acids is 1. The molecule has 0 spiro atoms. The first-order valence-electron chi connectivity index (χ1n) is 13.5. The summed E-state index contributed by atoms with van der Waals surface area (Å²) in [4.78, 5) is 29.8. The lowest BCUT2D eigenvalue weighted by Gasteiger charge is -2.20. The number of fused-ring (bicyclic) bond motifs is 2. The smallest absolute Gasteiger partial charge is 0.227 e. The number of aromatic amines is 2. The molecule has 1 aromatic carbocycles. The summed E-state index contributed by atoms with van der Waals surface area (Å²) in [7, 11) is 0. The fraction of sp³-hybridized carbons (Fsp3) is 0.194. The van der Waals surface area contributed by atoms with Crippen LogP contribution >= 0.6 is 0 Å². The Morgan fingerprint density at radius 2 is 1.77 bits per heavy atom. The predicted molar refractivity (Wildman–Crippen MR) is 153 cm³/mol. The minimum absolute atomic E-state index is 0.0603. The van der Waals surface area contributed by atoms with Crippen molar-refractivity contribution in [1.29, 1.82) is 0 Å². The van der Waals surface area contributed by atoms with E-state index in [1.807, 2.05) is 30.3 Å². The third kappa shape index (κ3) is 4.49. The van der Waals surface area contributed by atoms with Gasteiger partial charge in [0.15, 0.2) is 0 Å². The van der Waals surface area contributed by atoms with E-state index >= 15 is 0 Å². The van der Waals surface area contributed by atoms with Crippen LogP contribution < -0.4 is 5.32 Å². The maximum atomic E-state index is 13.9. The molecule has 1 saturated carbocycles. The molecule has 0 aliphatic heterocycles. The molecule has 0 bridgehead atoms. The van der Waals surface area contributed by atoms with E-state index in [4.69, 9.17) is 4.98 Å². The van der Waals surface area contributed by atoms with Crippen LogP contribution in [0.4, 0.5) is 10.1 Å². The summed E-state index contributed by atoms with van der Waals surface area (Å²) in [6, 6.07) is 14.2. The Kier molecular flexibility index (Phi) is 6.03. The summed E-state index contributed by atoms with van der Waals surface area (Å²) in [6.45, 7) is 0. The summed E-state index contributed by atoms with van der Waals surface area (Å²) < 4.78 is 13.9. The maximum absolute atomic E-state index is 13.9. The molecular weight excluding hydrogens is 505 g/mol. The Morgan fingerprint density at radius 1 is 0.900 bits per heavy atom. The summed E-state index contributed by atoms with van der Waals surface area (Å²) in [5, 5.41) is 11.6. The van der Waals surface area contributed by atoms with Crippen LogP contribution in [0.2, 0.25) is 0 Å². The van der Waals surface area contributed by atoms with Crippen molar-refractivity contribution in [1.82, 2.24) is 30.1 Å². The fourth-order valence-corrected chi connectivity index (χ4v) is 5.57. The molecule has 0 radical (unpaired) electrons. The number of carbonyl (C=O) groups is 1. The molecule has 8 nitrogen and oxygen atoms in total. The molecule has 198 valence electrons. The van der Waals surface area contributed by atoms with Crippen molar-refractivity contribution in [3.8, 4) is 33.8 Å². The van der Waals surface area contributed by atoms with Crippen molar-refractivity contribution in [2.24, 2.45) is 5.92 Å². The van der Waals surface area contributed by atoms with Crippen LogP contribution in [0.1, 0.15) is 32.1 Å². The number of hydrogen-bond donors (Lipinski definition) is 3. The number of pyridine rings is 3. The van der Waals surface area contributed by atoms with Crippen LogP contribution in [0.25, 0.3) is 55.7 Å². The van der Waals surface area contributed by atoms with Gasteiger partial charge in [-0.15, -0.1) is 0 Å². The molecule has 1 amide bonds. The molecule has 1 fully saturated rings. The lowest BCUT2D eigenvalue weighted by atomic mass is 9.88. The van der Waals surface area contributed by atoms with Crippen LogP contribution in [0.3, 0.4) is 0 Å². The van der Waals surface area contributed by atoms with Crippen molar-refractivity contribution in [2.45, 2.75) is 32.1 Å². The minimum Gasteiger partial charge on any atom is -0.352 e. The van der Waals surface area contributed by atoms with Gasteiger partial charge in [-0.2, -0.15) is 5.10 Å². The van der Waals surface area contributed by atoms with Crippen molar-refractivity contribution in [3.63, 3.8) is 0 Å². The van der Waals surface area contributed by atoms with Gasteiger partial charge in [0.25, 0.3) is 0 Å². The summed E-state index contributed by atoms with van der Waals surface area (Å²) >= 11 is 0. The Hall–Kier alpha value is -4.92. The van der Waals surface area contributed by atoms with E-state index in [0.29, 0.717) is 16.9 Å². The van der Waals surface area contributed by atoms with Crippen LogP contribution in [-0.4, -0.2) is 36.0 Å². The Balaban J connectivity index is 1.23. The van der Waals surface area contributed by atoms with Crippen LogP contribution in [-0.2, 0) is 4.79 Å². The van der Waals surface area contributed by atoms with Gasteiger partial charge in [0.1, 0.15) is 17.0 Å². The molecule has 0 atom stereocenters. The number of halogens is 1. The number of anilines is 1. The molecule has 3 N–H and O–H groups in total. The monoisotopic (exact) mass is 531 g/mol. The van der Waals surface area contributed by atoms with Gasteiger partial charge in [0, 0.05) is 34.8 Å². The van der Waals surface area contributed by atoms with E-state index in [1.165, 1.54) is 18.6 Å². The Labute approximate surface area is 229 Å². The van der Waals surface area contributed by atoms with Gasteiger partial charge in [-0.25, -0.2) is 9.37 Å². The molecule has 5 aromatic heterocycles. The average Bonchev–Trinajstić information content (AvgIpc) is 3.61. The zero-order chi connectivity index (χ0) is 27.1. The average molecular weight is 532 g/mol. The number of H-pyrrole nitrogens is 2. The Morgan fingerprint density at radius 3 is 2.65 bits per heavy atom. The summed E-state index contributed by atoms with van der Waals surface area (Å²) in [5.74, 6) is -0.175. The quantitative estimate of drug-likeness (QED) is 0.224. The zero-order valence-electron chi connectivity index (χ0n) is 21.6. The van der Waals surface area contributed by atoms with Gasteiger partial charge < -0.3 is 10.3 Å². The molecule has 1 aliphatic carbocycles. The van der Waals surface area contributed by atoms with E-state index in [2.05, 4.69) is 30.5 Å². The molecule has 5 heterocycles. The third-order valence-electron chi connectivity index (χ3n) is 7.62. The predicted octanol–water partition coefficient (Wildman–Crippen LogP) is 6.89. The maximum Gasteiger partial charge on any atom is 0.227 e. The number of rotatable bonds is 5. The topological polar surface area (TPSA) is 112 Å². The SMILES string of the molecule is O=C(Nc1cncc(-c2ccc3[nH]nc(-c4cc5c(-c6cccc(F)c6)cncc5[nH]4)c3n2)c1)C1CCCCC1. The number of amides is 1. The second-order valence-corrected chi connectivity index (χ2v) is 10.3. The number of nitrogens with zero attached hydrogens (tertiary/aromatic N) is 4. The molecular formula is C31H26FN7O. The highest BCUT2D eigenvalue weighted by molar-refractivity contribution is 6.00. The second-order valence-electron chi connectivity index (χ2n) is 10.3. The van der Waals surface area contributed by atoms with Gasteiger partial charge in [0.05, 0.1) is 40.5 Å². The van der Waals surface area contributed by atoms with Crippen molar-refractivity contribution < 1.29 is 9.18 Å². The molecule has 9 heteroatoms. The number of aromatic nitrogens is 6. The van der Waals surface area contributed by atoms with Crippen LogP contribution in [0.15, 0.2) is 73.3 Å². The molecule has 0 saturated heterocycles. The van der Waals surface area contributed by atoms with Crippen molar-refractivity contribution >= 4 is 33.5 Å². The molecule has 0 unspecified atom stereocenters. The first-order chi connectivity index (χ1) is 19.6. The van der Waals surface area contributed by atoms with Gasteiger partial charge in [0.2, 0.25) is 5.91 Å². The van der Waals surface area contributed by atoms with Gasteiger partial charge in [-0.3, -0.25) is 19.9 Å². The molecule has 40 heavy (non-hydrogen) atoms. The highest BCUT2D eigenvalue weighted by Gasteiger charge is 2.21. The van der Waals surface area contributed by atoms with Crippen molar-refractivity contribution in [3.05, 3.63) is 79.1 Å². The van der Waals surface area contributed by atoms with Crippen molar-refractivity contribution in [2.75, 3.05) is 5.32 Å².